The zero-order chi connectivity index (χ0) is 20.2. The standard InChI is InChI=1S/C22H27N5O2/c1-16-2-5-19(24-21(28)18-3-4-18)14-20(16)25-22(29)27-12-10-26(11-13-27)15-17-6-8-23-9-7-17/h2,5-9,14,18H,3-4,10-13,15H2,1H3,(H,24,28)(H,25,29). The molecule has 7 nitrogen and oxygen atoms in total. The summed E-state index contributed by atoms with van der Waals surface area (Å²) in [6.07, 6.45) is 5.55. The molecule has 1 saturated carbocycles. The number of hydrogen-bond acceptors (Lipinski definition) is 4. The van der Waals surface area contributed by atoms with Crippen molar-refractivity contribution >= 4 is 23.3 Å². The van der Waals surface area contributed by atoms with Crippen molar-refractivity contribution in [3.05, 3.63) is 53.9 Å². The molecule has 1 aromatic carbocycles. The zero-order valence-electron chi connectivity index (χ0n) is 16.7. The summed E-state index contributed by atoms with van der Waals surface area (Å²) in [7, 11) is 0. The van der Waals surface area contributed by atoms with Gasteiger partial charge in [0, 0.05) is 62.4 Å². The van der Waals surface area contributed by atoms with Crippen LogP contribution in [0.3, 0.4) is 0 Å². The monoisotopic (exact) mass is 393 g/mol. The predicted octanol–water partition coefficient (Wildman–Crippen LogP) is 3.09. The largest absolute Gasteiger partial charge is 0.326 e. The topological polar surface area (TPSA) is 77.6 Å². The number of rotatable bonds is 5. The van der Waals surface area contributed by atoms with Crippen molar-refractivity contribution in [2.45, 2.75) is 26.3 Å². The van der Waals surface area contributed by atoms with Crippen LogP contribution >= 0.6 is 0 Å². The maximum absolute atomic E-state index is 12.7. The quantitative estimate of drug-likeness (QED) is 0.818. The first-order valence-electron chi connectivity index (χ1n) is 10.2. The fraction of sp³-hybridized carbons (Fsp3) is 0.409. The Balaban J connectivity index is 1.30. The lowest BCUT2D eigenvalue weighted by atomic mass is 10.1. The Bertz CT molecular complexity index is 874. The molecule has 0 spiro atoms. The van der Waals surface area contributed by atoms with Gasteiger partial charge in [0.25, 0.3) is 0 Å². The number of pyridine rings is 1. The summed E-state index contributed by atoms with van der Waals surface area (Å²) in [5.41, 5.74) is 3.67. The van der Waals surface area contributed by atoms with Crippen LogP contribution in [0.2, 0.25) is 0 Å². The molecule has 2 heterocycles. The molecule has 2 fully saturated rings. The van der Waals surface area contributed by atoms with Crippen molar-refractivity contribution in [1.29, 1.82) is 0 Å². The van der Waals surface area contributed by atoms with Crippen LogP contribution in [-0.2, 0) is 11.3 Å². The average molecular weight is 393 g/mol. The third-order valence-corrected chi connectivity index (χ3v) is 5.51. The Morgan fingerprint density at radius 3 is 2.45 bits per heavy atom. The van der Waals surface area contributed by atoms with Crippen molar-refractivity contribution in [2.75, 3.05) is 36.8 Å². The molecular weight excluding hydrogens is 366 g/mol. The van der Waals surface area contributed by atoms with Gasteiger partial charge in [0.1, 0.15) is 0 Å². The van der Waals surface area contributed by atoms with Crippen molar-refractivity contribution in [1.82, 2.24) is 14.8 Å². The third kappa shape index (κ3) is 5.12. The summed E-state index contributed by atoms with van der Waals surface area (Å²) in [6.45, 7) is 5.88. The minimum Gasteiger partial charge on any atom is -0.326 e. The molecule has 0 bridgehead atoms. The molecule has 2 aromatic rings. The molecule has 1 saturated heterocycles. The van der Waals surface area contributed by atoms with Crippen LogP contribution in [0.25, 0.3) is 0 Å². The molecule has 3 amide bonds. The normalized spacial score (nSPS) is 17.1. The van der Waals surface area contributed by atoms with Crippen molar-refractivity contribution in [3.8, 4) is 0 Å². The first kappa shape index (κ1) is 19.4. The summed E-state index contributed by atoms with van der Waals surface area (Å²) in [4.78, 5) is 33.0. The molecule has 29 heavy (non-hydrogen) atoms. The molecule has 1 aliphatic heterocycles. The lowest BCUT2D eigenvalue weighted by Gasteiger charge is -2.34. The molecule has 0 unspecified atom stereocenters. The molecule has 0 atom stereocenters. The molecule has 2 N–H and O–H groups in total. The van der Waals surface area contributed by atoms with Gasteiger partial charge in [0.05, 0.1) is 0 Å². The van der Waals surface area contributed by atoms with Crippen LogP contribution in [-0.4, -0.2) is 52.9 Å². The molecular formula is C22H27N5O2. The van der Waals surface area contributed by atoms with Crippen LogP contribution in [0.5, 0.6) is 0 Å². The Labute approximate surface area is 171 Å². The van der Waals surface area contributed by atoms with Crippen LogP contribution in [0, 0.1) is 12.8 Å². The lowest BCUT2D eigenvalue weighted by Crippen LogP contribution is -2.49. The van der Waals surface area contributed by atoms with E-state index in [0.29, 0.717) is 13.1 Å². The number of urea groups is 1. The first-order chi connectivity index (χ1) is 14.1. The summed E-state index contributed by atoms with van der Waals surface area (Å²) in [5.74, 6) is 0.217. The Kier molecular flexibility index (Phi) is 5.76. The highest BCUT2D eigenvalue weighted by molar-refractivity contribution is 5.96. The summed E-state index contributed by atoms with van der Waals surface area (Å²) in [5, 5.41) is 5.95. The number of nitrogens with zero attached hydrogens (tertiary/aromatic N) is 3. The second-order valence-electron chi connectivity index (χ2n) is 7.84. The number of piperazine rings is 1. The summed E-state index contributed by atoms with van der Waals surface area (Å²) >= 11 is 0. The number of carbonyl (C=O) groups is 2. The summed E-state index contributed by atoms with van der Waals surface area (Å²) < 4.78 is 0. The van der Waals surface area contributed by atoms with E-state index in [1.54, 1.807) is 0 Å². The Morgan fingerprint density at radius 2 is 1.76 bits per heavy atom. The zero-order valence-corrected chi connectivity index (χ0v) is 16.7. The van der Waals surface area contributed by atoms with E-state index in [1.807, 2.05) is 54.5 Å². The maximum Gasteiger partial charge on any atom is 0.321 e. The van der Waals surface area contributed by atoms with E-state index in [9.17, 15) is 9.59 Å². The number of benzene rings is 1. The predicted molar refractivity (Wildman–Crippen MR) is 113 cm³/mol. The first-order valence-corrected chi connectivity index (χ1v) is 10.2. The highest BCUT2D eigenvalue weighted by Crippen LogP contribution is 2.31. The van der Waals surface area contributed by atoms with Gasteiger partial charge in [-0.2, -0.15) is 0 Å². The molecule has 7 heteroatoms. The fourth-order valence-corrected chi connectivity index (χ4v) is 3.47. The van der Waals surface area contributed by atoms with Gasteiger partial charge in [-0.15, -0.1) is 0 Å². The minimum atomic E-state index is -0.0951. The second kappa shape index (κ2) is 8.61. The van der Waals surface area contributed by atoms with Gasteiger partial charge < -0.3 is 15.5 Å². The van der Waals surface area contributed by atoms with Crippen LogP contribution < -0.4 is 10.6 Å². The summed E-state index contributed by atoms with van der Waals surface area (Å²) in [6, 6.07) is 9.59. The van der Waals surface area contributed by atoms with Gasteiger partial charge in [-0.1, -0.05) is 6.07 Å². The Hall–Kier alpha value is -2.93. The number of anilines is 2. The van der Waals surface area contributed by atoms with Crippen LogP contribution in [0.4, 0.5) is 16.2 Å². The van der Waals surface area contributed by atoms with E-state index in [0.717, 1.165) is 49.4 Å². The molecule has 1 aliphatic carbocycles. The van der Waals surface area contributed by atoms with Gasteiger partial charge in [-0.25, -0.2) is 4.79 Å². The Morgan fingerprint density at radius 1 is 1.03 bits per heavy atom. The highest BCUT2D eigenvalue weighted by atomic mass is 16.2. The molecule has 2 aliphatic rings. The average Bonchev–Trinajstić information content (AvgIpc) is 3.57. The van der Waals surface area contributed by atoms with E-state index >= 15 is 0 Å². The lowest BCUT2D eigenvalue weighted by molar-refractivity contribution is -0.117. The number of hydrogen-bond donors (Lipinski definition) is 2. The molecule has 0 radical (unpaired) electrons. The molecule has 152 valence electrons. The number of aromatic nitrogens is 1. The fourth-order valence-electron chi connectivity index (χ4n) is 3.47. The van der Waals surface area contributed by atoms with E-state index in [4.69, 9.17) is 0 Å². The van der Waals surface area contributed by atoms with E-state index < -0.39 is 0 Å². The highest BCUT2D eigenvalue weighted by Gasteiger charge is 2.29. The van der Waals surface area contributed by atoms with Crippen LogP contribution in [0.15, 0.2) is 42.7 Å². The molecule has 1 aromatic heterocycles. The maximum atomic E-state index is 12.7. The van der Waals surface area contributed by atoms with Gasteiger partial charge in [0.15, 0.2) is 0 Å². The van der Waals surface area contributed by atoms with Crippen LogP contribution in [0.1, 0.15) is 24.0 Å². The van der Waals surface area contributed by atoms with Crippen molar-refractivity contribution in [2.24, 2.45) is 5.92 Å². The van der Waals surface area contributed by atoms with Gasteiger partial charge in [-0.3, -0.25) is 14.7 Å². The SMILES string of the molecule is Cc1ccc(NC(=O)C2CC2)cc1NC(=O)N1CCN(Cc2ccncc2)CC1. The smallest absolute Gasteiger partial charge is 0.321 e. The molecule has 4 rings (SSSR count). The van der Waals surface area contributed by atoms with Crippen molar-refractivity contribution < 1.29 is 9.59 Å². The van der Waals surface area contributed by atoms with Gasteiger partial charge >= 0.3 is 6.03 Å². The number of amides is 3. The third-order valence-electron chi connectivity index (χ3n) is 5.51. The van der Waals surface area contributed by atoms with Crippen molar-refractivity contribution in [3.63, 3.8) is 0 Å². The number of nitrogens with one attached hydrogen (secondary N) is 2. The second-order valence-corrected chi connectivity index (χ2v) is 7.84. The minimum absolute atomic E-state index is 0.0662. The number of aryl methyl sites for hydroxylation is 1. The van der Waals surface area contributed by atoms with E-state index in [1.165, 1.54) is 5.56 Å². The van der Waals surface area contributed by atoms with E-state index in [2.05, 4.69) is 20.5 Å². The van der Waals surface area contributed by atoms with Gasteiger partial charge in [0.2, 0.25) is 5.91 Å². The van der Waals surface area contributed by atoms with Gasteiger partial charge in [-0.05, 0) is 55.2 Å². The van der Waals surface area contributed by atoms with E-state index in [-0.39, 0.29) is 17.9 Å². The number of carbonyl (C=O) groups excluding carboxylic acids is 2.